The van der Waals surface area contributed by atoms with Crippen molar-refractivity contribution in [3.63, 3.8) is 0 Å². The van der Waals surface area contributed by atoms with Crippen molar-refractivity contribution < 1.29 is 4.79 Å². The highest BCUT2D eigenvalue weighted by Crippen LogP contribution is 2.24. The number of anilines is 1. The number of benzene rings is 1. The maximum atomic E-state index is 12.6. The maximum absolute atomic E-state index is 12.6. The zero-order valence-electron chi connectivity index (χ0n) is 14.5. The van der Waals surface area contributed by atoms with Crippen LogP contribution in [0.25, 0.3) is 11.0 Å². The summed E-state index contributed by atoms with van der Waals surface area (Å²) in [6.45, 7) is 2.48. The van der Waals surface area contributed by atoms with E-state index in [9.17, 15) is 9.59 Å². The number of hydrogen-bond acceptors (Lipinski definition) is 5. The van der Waals surface area contributed by atoms with Crippen LogP contribution in [0.3, 0.4) is 0 Å². The molecule has 2 aromatic heterocycles. The molecule has 0 aliphatic carbocycles. The van der Waals surface area contributed by atoms with Gasteiger partial charge in [0.15, 0.2) is 11.2 Å². The third kappa shape index (κ3) is 2.83. The van der Waals surface area contributed by atoms with Crippen LogP contribution in [0.2, 0.25) is 0 Å². The van der Waals surface area contributed by atoms with Crippen molar-refractivity contribution in [3.05, 3.63) is 52.2 Å². The van der Waals surface area contributed by atoms with Gasteiger partial charge in [-0.15, -0.1) is 0 Å². The van der Waals surface area contributed by atoms with E-state index in [1.165, 1.54) is 23.7 Å². The Hall–Kier alpha value is -3.16. The van der Waals surface area contributed by atoms with Gasteiger partial charge in [0.25, 0.3) is 11.5 Å². The maximum Gasteiger partial charge on any atom is 0.279 e. The Bertz CT molecular complexity index is 1020. The largest absolute Gasteiger partial charge is 0.371 e. The van der Waals surface area contributed by atoms with Crippen LogP contribution in [0.15, 0.2) is 35.4 Å². The molecule has 1 saturated heterocycles. The average Bonchev–Trinajstić information content (AvgIpc) is 3.33. The van der Waals surface area contributed by atoms with E-state index >= 15 is 0 Å². The van der Waals surface area contributed by atoms with E-state index in [2.05, 4.69) is 31.5 Å². The standard InChI is InChI=1S/C18H20N6O2/c1-23-11-20-14-15(21-22-16(14)18(23)26)17(25)19-10-12-6-2-3-7-13(12)24-8-4-5-9-24/h2-3,6-7,11H,4-5,8-10H2,1H3,(H,19,25)(H,21,22). The second-order valence-electron chi connectivity index (χ2n) is 6.46. The van der Waals surface area contributed by atoms with Crippen molar-refractivity contribution in [2.75, 3.05) is 18.0 Å². The first-order chi connectivity index (χ1) is 12.6. The Morgan fingerprint density at radius 2 is 2.04 bits per heavy atom. The first-order valence-electron chi connectivity index (χ1n) is 8.66. The van der Waals surface area contributed by atoms with Gasteiger partial charge in [-0.1, -0.05) is 18.2 Å². The topological polar surface area (TPSA) is 95.9 Å². The summed E-state index contributed by atoms with van der Waals surface area (Å²) in [5.74, 6) is -0.353. The number of amides is 1. The molecule has 0 radical (unpaired) electrons. The van der Waals surface area contributed by atoms with Crippen LogP contribution < -0.4 is 15.8 Å². The van der Waals surface area contributed by atoms with Crippen molar-refractivity contribution in [2.45, 2.75) is 19.4 Å². The molecule has 0 spiro atoms. The molecule has 8 heteroatoms. The number of aromatic amines is 1. The number of nitrogens with zero attached hydrogens (tertiary/aromatic N) is 4. The van der Waals surface area contributed by atoms with Gasteiger partial charge in [-0.3, -0.25) is 14.7 Å². The van der Waals surface area contributed by atoms with E-state index in [0.717, 1.165) is 24.3 Å². The highest BCUT2D eigenvalue weighted by molar-refractivity contribution is 6.02. The number of para-hydroxylation sites is 1. The van der Waals surface area contributed by atoms with Crippen LogP contribution >= 0.6 is 0 Å². The minimum atomic E-state index is -0.353. The normalized spacial score (nSPS) is 14.1. The lowest BCUT2D eigenvalue weighted by Gasteiger charge is -2.21. The molecule has 1 fully saturated rings. The fourth-order valence-electron chi connectivity index (χ4n) is 3.33. The van der Waals surface area contributed by atoms with Gasteiger partial charge in [-0.25, -0.2) is 4.98 Å². The van der Waals surface area contributed by atoms with Crippen LogP contribution in [0.1, 0.15) is 28.9 Å². The Morgan fingerprint density at radius 1 is 1.27 bits per heavy atom. The van der Waals surface area contributed by atoms with Crippen molar-refractivity contribution >= 4 is 22.6 Å². The Labute approximate surface area is 149 Å². The summed E-state index contributed by atoms with van der Waals surface area (Å²) in [6.07, 6.45) is 3.78. The minimum Gasteiger partial charge on any atom is -0.371 e. The van der Waals surface area contributed by atoms with E-state index < -0.39 is 0 Å². The average molecular weight is 352 g/mol. The van der Waals surface area contributed by atoms with E-state index in [0.29, 0.717) is 12.1 Å². The molecule has 3 aromatic rings. The van der Waals surface area contributed by atoms with Gasteiger partial charge in [-0.2, -0.15) is 5.10 Å². The van der Waals surface area contributed by atoms with Crippen molar-refractivity contribution in [3.8, 4) is 0 Å². The van der Waals surface area contributed by atoms with E-state index in [1.54, 1.807) is 7.05 Å². The molecule has 0 atom stereocenters. The quantitative estimate of drug-likeness (QED) is 0.735. The second-order valence-corrected chi connectivity index (χ2v) is 6.46. The molecule has 0 saturated carbocycles. The molecular formula is C18H20N6O2. The lowest BCUT2D eigenvalue weighted by atomic mass is 10.1. The van der Waals surface area contributed by atoms with Crippen LogP contribution in [-0.4, -0.2) is 38.7 Å². The molecule has 2 N–H and O–H groups in total. The first-order valence-corrected chi connectivity index (χ1v) is 8.66. The van der Waals surface area contributed by atoms with Crippen LogP contribution in [0, 0.1) is 0 Å². The van der Waals surface area contributed by atoms with E-state index in [4.69, 9.17) is 0 Å². The van der Waals surface area contributed by atoms with Crippen LogP contribution in [0.4, 0.5) is 5.69 Å². The molecule has 3 heterocycles. The first kappa shape index (κ1) is 16.3. The number of hydrogen-bond donors (Lipinski definition) is 2. The molecule has 0 unspecified atom stereocenters. The van der Waals surface area contributed by atoms with Gasteiger partial charge in [0, 0.05) is 32.4 Å². The van der Waals surface area contributed by atoms with Gasteiger partial charge < -0.3 is 14.8 Å². The summed E-state index contributed by atoms with van der Waals surface area (Å²) < 4.78 is 1.34. The lowest BCUT2D eigenvalue weighted by molar-refractivity contribution is 0.0947. The summed E-state index contributed by atoms with van der Waals surface area (Å²) in [6, 6.07) is 8.09. The van der Waals surface area contributed by atoms with Crippen molar-refractivity contribution in [2.24, 2.45) is 7.05 Å². The highest BCUT2D eigenvalue weighted by atomic mass is 16.2. The van der Waals surface area contributed by atoms with E-state index in [1.807, 2.05) is 18.2 Å². The SMILES string of the molecule is Cn1cnc2c(C(=O)NCc3ccccc3N3CCCC3)n[nH]c2c1=O. The molecule has 4 rings (SSSR count). The summed E-state index contributed by atoms with van der Waals surface area (Å²) in [5.41, 5.74) is 2.61. The second kappa shape index (κ2) is 6.62. The molecule has 8 nitrogen and oxygen atoms in total. The summed E-state index contributed by atoms with van der Waals surface area (Å²) in [4.78, 5) is 31.1. The fraction of sp³-hybridized carbons (Fsp3) is 0.333. The molecular weight excluding hydrogens is 332 g/mol. The third-order valence-electron chi connectivity index (χ3n) is 4.73. The zero-order chi connectivity index (χ0) is 18.1. The van der Waals surface area contributed by atoms with E-state index in [-0.39, 0.29) is 22.7 Å². The Morgan fingerprint density at radius 3 is 2.85 bits per heavy atom. The van der Waals surface area contributed by atoms with Crippen molar-refractivity contribution in [1.82, 2.24) is 25.1 Å². The van der Waals surface area contributed by atoms with Gasteiger partial charge in [0.1, 0.15) is 5.52 Å². The van der Waals surface area contributed by atoms with Gasteiger partial charge >= 0.3 is 0 Å². The number of aromatic nitrogens is 4. The molecule has 0 bridgehead atoms. The molecule has 1 aliphatic rings. The minimum absolute atomic E-state index is 0.136. The Kier molecular flexibility index (Phi) is 4.16. The molecule has 26 heavy (non-hydrogen) atoms. The molecule has 134 valence electrons. The summed E-state index contributed by atoms with van der Waals surface area (Å²) >= 11 is 0. The summed E-state index contributed by atoms with van der Waals surface area (Å²) in [5, 5.41) is 9.50. The predicted molar refractivity (Wildman–Crippen MR) is 98.2 cm³/mol. The van der Waals surface area contributed by atoms with Crippen LogP contribution in [-0.2, 0) is 13.6 Å². The number of carbonyl (C=O) groups excluding carboxylic acids is 1. The monoisotopic (exact) mass is 352 g/mol. The van der Waals surface area contributed by atoms with Gasteiger partial charge in [0.05, 0.1) is 6.33 Å². The smallest absolute Gasteiger partial charge is 0.279 e. The third-order valence-corrected chi connectivity index (χ3v) is 4.73. The number of fused-ring (bicyclic) bond motifs is 1. The Balaban J connectivity index is 1.55. The van der Waals surface area contributed by atoms with Crippen LogP contribution in [0.5, 0.6) is 0 Å². The lowest BCUT2D eigenvalue weighted by Crippen LogP contribution is -2.26. The number of H-pyrrole nitrogens is 1. The van der Waals surface area contributed by atoms with Gasteiger partial charge in [-0.05, 0) is 24.5 Å². The molecule has 1 amide bonds. The predicted octanol–water partition coefficient (Wildman–Crippen LogP) is 1.19. The molecule has 1 aromatic carbocycles. The number of rotatable bonds is 4. The number of nitrogens with one attached hydrogen (secondary N) is 2. The number of aryl methyl sites for hydroxylation is 1. The zero-order valence-corrected chi connectivity index (χ0v) is 14.5. The molecule has 1 aliphatic heterocycles. The van der Waals surface area contributed by atoms with Crippen molar-refractivity contribution in [1.29, 1.82) is 0 Å². The highest BCUT2D eigenvalue weighted by Gasteiger charge is 2.19. The number of carbonyl (C=O) groups is 1. The fourth-order valence-corrected chi connectivity index (χ4v) is 3.33. The van der Waals surface area contributed by atoms with Gasteiger partial charge in [0.2, 0.25) is 0 Å². The summed E-state index contributed by atoms with van der Waals surface area (Å²) in [7, 11) is 1.60.